The second-order valence-electron chi connectivity index (χ2n) is 29.1. The lowest BCUT2D eigenvalue weighted by Gasteiger charge is -2.34. The minimum absolute atomic E-state index is 0.0491. The minimum Gasteiger partial charge on any atom is -0.423 e. The van der Waals surface area contributed by atoms with Gasteiger partial charge in [-0.25, -0.2) is 0 Å². The molecule has 3 aliphatic carbocycles. The largest absolute Gasteiger partial charge is 0.488 e. The Kier molecular flexibility index (Phi) is 27.5. The molecule has 0 radical (unpaired) electrons. The number of benzene rings is 6. The van der Waals surface area contributed by atoms with Crippen molar-refractivity contribution in [3.05, 3.63) is 149 Å². The summed E-state index contributed by atoms with van der Waals surface area (Å²) in [7, 11) is -1.49. The molecule has 0 amide bonds. The van der Waals surface area contributed by atoms with E-state index in [0.29, 0.717) is 5.46 Å². The molecule has 0 saturated heterocycles. The lowest BCUT2D eigenvalue weighted by Crippen LogP contribution is -2.32. The van der Waals surface area contributed by atoms with Crippen LogP contribution in [0.5, 0.6) is 0 Å². The molecule has 0 unspecified atom stereocenters. The Morgan fingerprint density at radius 3 is 0.733 bits per heavy atom. The molecule has 0 spiro atoms. The van der Waals surface area contributed by atoms with Crippen LogP contribution in [-0.4, -0.2) is 17.2 Å². The van der Waals surface area contributed by atoms with Crippen molar-refractivity contribution in [1.29, 1.82) is 0 Å². The summed E-state index contributed by atoms with van der Waals surface area (Å²) in [5, 5.41) is 21.5. The van der Waals surface area contributed by atoms with Crippen LogP contribution >= 0.6 is 0 Å². The van der Waals surface area contributed by atoms with Gasteiger partial charge in [0.15, 0.2) is 0 Å². The summed E-state index contributed by atoms with van der Waals surface area (Å²) in [5.41, 5.74) is 23.6. The van der Waals surface area contributed by atoms with E-state index >= 15 is 0 Å². The molecule has 2 nitrogen and oxygen atoms in total. The third-order valence-electron chi connectivity index (χ3n) is 22.7. The van der Waals surface area contributed by atoms with Gasteiger partial charge >= 0.3 is 7.12 Å². The van der Waals surface area contributed by atoms with Crippen molar-refractivity contribution in [2.24, 2.45) is 0 Å². The van der Waals surface area contributed by atoms with E-state index in [1.807, 2.05) is 6.07 Å². The minimum atomic E-state index is -1.49. The topological polar surface area (TPSA) is 40.5 Å². The van der Waals surface area contributed by atoms with Crippen molar-refractivity contribution in [1.82, 2.24) is 0 Å². The lowest BCUT2D eigenvalue weighted by atomic mass is 9.68. The fraction of sp³-hybridized carbons (Fsp3) is 0.586. The molecule has 6 aromatic carbocycles. The zero-order valence-electron chi connectivity index (χ0n) is 58.1. The molecular weight excluding hydrogens is 1090 g/mol. The number of hydrogen-bond donors (Lipinski definition) is 2. The summed E-state index contributed by atoms with van der Waals surface area (Å²) in [6.07, 6.45) is 54.0. The van der Waals surface area contributed by atoms with Crippen LogP contribution in [0.15, 0.2) is 115 Å². The van der Waals surface area contributed by atoms with Crippen LogP contribution in [0.4, 0.5) is 0 Å². The molecule has 9 rings (SSSR count). The highest BCUT2D eigenvalue weighted by molar-refractivity contribution is 6.58. The summed E-state index contributed by atoms with van der Waals surface area (Å²) in [6, 6.07) is 46.9. The van der Waals surface area contributed by atoms with E-state index < -0.39 is 7.12 Å². The number of fused-ring (bicyclic) bond motifs is 9. The van der Waals surface area contributed by atoms with E-state index in [9.17, 15) is 10.0 Å². The van der Waals surface area contributed by atoms with Gasteiger partial charge in [-0.3, -0.25) is 0 Å². The molecular formula is C87H123BO2. The molecule has 3 heteroatoms. The lowest BCUT2D eigenvalue weighted by molar-refractivity contribution is 0.397. The second kappa shape index (κ2) is 35.5. The van der Waals surface area contributed by atoms with E-state index in [1.165, 1.54) is 324 Å². The highest BCUT2D eigenvalue weighted by Gasteiger charge is 2.46. The molecule has 6 aromatic rings. The van der Waals surface area contributed by atoms with E-state index in [0.717, 1.165) is 12.8 Å². The highest BCUT2D eigenvalue weighted by Crippen LogP contribution is 2.59. The molecule has 0 fully saturated rings. The first-order valence-corrected chi connectivity index (χ1v) is 38.4. The van der Waals surface area contributed by atoms with Crippen LogP contribution < -0.4 is 5.46 Å². The van der Waals surface area contributed by atoms with Crippen LogP contribution in [0.1, 0.15) is 345 Å². The molecule has 486 valence electrons. The first-order valence-electron chi connectivity index (χ1n) is 38.4. The zero-order chi connectivity index (χ0) is 63.0. The molecule has 0 heterocycles. The standard InChI is InChI=1S/C87H123BO2/c1-7-13-19-25-31-39-57-85(58-40-32-26-20-14-8-2)79-46-38-37-45-73(79)74-52-47-68(63-80(74)85)69-48-53-75-76-54-49-70(65-82(76)86(81(75)64-69,59-41-33-27-21-15-9-3)60-42-34-28-22-16-10-4)71-50-55-77-78-56-51-72(88(89)90)67-84(78)87(83(77)66-71,61-43-35-29-23-17-11-5)62-44-36-30-24-18-12-6/h37-38,45-56,63-67,89-90H,7-36,39-44,57-62H2,1-6H3. The van der Waals surface area contributed by atoms with Crippen molar-refractivity contribution in [2.45, 2.75) is 327 Å². The van der Waals surface area contributed by atoms with E-state index in [2.05, 4.69) is 151 Å². The highest BCUT2D eigenvalue weighted by atomic mass is 16.4. The summed E-state index contributed by atoms with van der Waals surface area (Å²) in [5.74, 6) is 0. The van der Waals surface area contributed by atoms with E-state index in [1.54, 1.807) is 22.3 Å². The normalized spacial score (nSPS) is 14.4. The van der Waals surface area contributed by atoms with Gasteiger partial charge in [-0.15, -0.1) is 0 Å². The first-order chi connectivity index (χ1) is 44.2. The molecule has 2 N–H and O–H groups in total. The molecule has 0 aliphatic heterocycles. The average Bonchev–Trinajstić information content (AvgIpc) is 1.58. The molecule has 0 atom stereocenters. The summed E-state index contributed by atoms with van der Waals surface area (Å²) < 4.78 is 0. The fourth-order valence-electron chi connectivity index (χ4n) is 17.6. The quantitative estimate of drug-likeness (QED) is 0.0295. The van der Waals surface area contributed by atoms with Crippen molar-refractivity contribution in [3.8, 4) is 55.6 Å². The van der Waals surface area contributed by atoms with Gasteiger partial charge in [0, 0.05) is 16.2 Å². The van der Waals surface area contributed by atoms with Gasteiger partial charge in [0.2, 0.25) is 0 Å². The van der Waals surface area contributed by atoms with Crippen molar-refractivity contribution in [2.75, 3.05) is 0 Å². The Morgan fingerprint density at radius 2 is 0.456 bits per heavy atom. The molecule has 3 aliphatic rings. The van der Waals surface area contributed by atoms with Gasteiger partial charge in [-0.05, 0) is 157 Å². The summed E-state index contributed by atoms with van der Waals surface area (Å²) in [6.45, 7) is 14.0. The average molecular weight is 1210 g/mol. The Hall–Kier alpha value is -4.70. The number of rotatable bonds is 45. The zero-order valence-corrected chi connectivity index (χ0v) is 58.1. The Balaban J connectivity index is 1.14. The predicted octanol–water partition coefficient (Wildman–Crippen LogP) is 26.0. The SMILES string of the molecule is CCCCCCCCC1(CCCCCCCC)c2ccccc2-c2ccc(-c3ccc4c(c3)C(CCCCCCCC)(CCCCCCCC)c3cc(-c5ccc6c(c5)C(CCCCCCCC)(CCCCCCCC)c5cc(B(O)O)ccc5-6)ccc3-4)cc21. The van der Waals surface area contributed by atoms with Gasteiger partial charge in [0.1, 0.15) is 0 Å². The van der Waals surface area contributed by atoms with Crippen LogP contribution in [0.3, 0.4) is 0 Å². The second-order valence-corrected chi connectivity index (χ2v) is 29.1. The maximum absolute atomic E-state index is 10.7. The molecule has 90 heavy (non-hydrogen) atoms. The van der Waals surface area contributed by atoms with Gasteiger partial charge in [0.25, 0.3) is 0 Å². The van der Waals surface area contributed by atoms with Crippen molar-refractivity contribution < 1.29 is 10.0 Å². The van der Waals surface area contributed by atoms with Crippen LogP contribution in [0.25, 0.3) is 55.6 Å². The van der Waals surface area contributed by atoms with Crippen LogP contribution in [0.2, 0.25) is 0 Å². The maximum Gasteiger partial charge on any atom is 0.488 e. The van der Waals surface area contributed by atoms with E-state index in [4.69, 9.17) is 0 Å². The van der Waals surface area contributed by atoms with Crippen LogP contribution in [0, 0.1) is 0 Å². The predicted molar refractivity (Wildman–Crippen MR) is 394 cm³/mol. The Morgan fingerprint density at radius 1 is 0.233 bits per heavy atom. The van der Waals surface area contributed by atoms with Crippen molar-refractivity contribution >= 4 is 12.6 Å². The Bertz CT molecular complexity index is 3070. The van der Waals surface area contributed by atoms with Gasteiger partial charge in [0.05, 0.1) is 0 Å². The fourth-order valence-corrected chi connectivity index (χ4v) is 17.6. The molecule has 0 aromatic heterocycles. The first kappa shape index (κ1) is 69.6. The van der Waals surface area contributed by atoms with Crippen molar-refractivity contribution in [3.63, 3.8) is 0 Å². The third kappa shape index (κ3) is 16.4. The van der Waals surface area contributed by atoms with E-state index in [-0.39, 0.29) is 16.2 Å². The monoisotopic (exact) mass is 1210 g/mol. The van der Waals surface area contributed by atoms with Crippen LogP contribution in [-0.2, 0) is 16.2 Å². The number of unbranched alkanes of at least 4 members (excludes halogenated alkanes) is 30. The summed E-state index contributed by atoms with van der Waals surface area (Å²) >= 11 is 0. The smallest absolute Gasteiger partial charge is 0.423 e. The number of hydrogen-bond acceptors (Lipinski definition) is 2. The van der Waals surface area contributed by atoms with Gasteiger partial charge < -0.3 is 10.0 Å². The molecule has 0 saturated carbocycles. The third-order valence-corrected chi connectivity index (χ3v) is 22.7. The van der Waals surface area contributed by atoms with Gasteiger partial charge in [-0.2, -0.15) is 0 Å². The Labute approximate surface area is 551 Å². The van der Waals surface area contributed by atoms with Gasteiger partial charge in [-0.1, -0.05) is 364 Å². The molecule has 0 bridgehead atoms. The summed E-state index contributed by atoms with van der Waals surface area (Å²) in [4.78, 5) is 0. The maximum atomic E-state index is 10.7.